The number of anilines is 2. The Kier molecular flexibility index (Phi) is 3.07. The van der Waals surface area contributed by atoms with E-state index < -0.39 is 0 Å². The first-order chi connectivity index (χ1) is 8.09. The summed E-state index contributed by atoms with van der Waals surface area (Å²) in [5.41, 5.74) is 7.20. The maximum Gasteiger partial charge on any atom is 0.231 e. The second-order valence-electron chi connectivity index (χ2n) is 4.85. The molecule has 0 aromatic heterocycles. The maximum atomic E-state index is 12.1. The van der Waals surface area contributed by atoms with Crippen molar-refractivity contribution >= 4 is 17.3 Å². The number of carbonyl (C=O) groups excluding carboxylic acids is 1. The van der Waals surface area contributed by atoms with Crippen molar-refractivity contribution in [3.8, 4) is 0 Å². The number of benzene rings is 1. The molecule has 0 spiro atoms. The lowest BCUT2D eigenvalue weighted by Gasteiger charge is -2.19. The van der Waals surface area contributed by atoms with Crippen molar-refractivity contribution in [3.05, 3.63) is 24.3 Å². The summed E-state index contributed by atoms with van der Waals surface area (Å²) in [5.74, 6) is 0.0503. The molecule has 0 unspecified atom stereocenters. The molecule has 0 atom stereocenters. The summed E-state index contributed by atoms with van der Waals surface area (Å²) in [4.78, 5) is 14.1. The fourth-order valence-electron chi connectivity index (χ4n) is 1.90. The normalized spacial score (nSPS) is 16.4. The number of nitrogens with one attached hydrogen (secondary N) is 1. The Morgan fingerprint density at radius 3 is 2.59 bits per heavy atom. The van der Waals surface area contributed by atoms with Gasteiger partial charge in [0.1, 0.15) is 0 Å². The Bertz CT molecular complexity index is 424. The zero-order chi connectivity index (χ0) is 12.5. The summed E-state index contributed by atoms with van der Waals surface area (Å²) in [6.07, 6.45) is 1.80. The van der Waals surface area contributed by atoms with E-state index in [-0.39, 0.29) is 11.3 Å². The first-order valence-corrected chi connectivity index (χ1v) is 5.87. The van der Waals surface area contributed by atoms with Gasteiger partial charge in [0.25, 0.3) is 0 Å². The third-order valence-corrected chi connectivity index (χ3v) is 3.36. The van der Waals surface area contributed by atoms with Gasteiger partial charge in [0.05, 0.1) is 16.8 Å². The number of hydrogen-bond acceptors (Lipinski definition) is 3. The first-order valence-electron chi connectivity index (χ1n) is 5.87. The van der Waals surface area contributed by atoms with Crippen molar-refractivity contribution < 1.29 is 4.79 Å². The molecule has 2 rings (SSSR count). The van der Waals surface area contributed by atoms with Gasteiger partial charge in [0.15, 0.2) is 0 Å². The van der Waals surface area contributed by atoms with E-state index >= 15 is 0 Å². The van der Waals surface area contributed by atoms with Crippen LogP contribution in [0.25, 0.3) is 0 Å². The Morgan fingerprint density at radius 2 is 2.06 bits per heavy atom. The van der Waals surface area contributed by atoms with Gasteiger partial charge in [-0.05, 0) is 25.0 Å². The molecule has 1 aliphatic carbocycles. The summed E-state index contributed by atoms with van der Waals surface area (Å²) in [5, 5.41) is 2.98. The van der Waals surface area contributed by atoms with E-state index in [1.807, 2.05) is 43.3 Å². The predicted octanol–water partition coefficient (Wildman–Crippen LogP) is 1.43. The molecule has 1 aliphatic rings. The molecule has 4 heteroatoms. The number of nitrogens with zero attached hydrogens (tertiary/aromatic N) is 1. The van der Waals surface area contributed by atoms with Crippen LogP contribution >= 0.6 is 0 Å². The smallest absolute Gasteiger partial charge is 0.231 e. The van der Waals surface area contributed by atoms with Crippen LogP contribution in [0.1, 0.15) is 12.8 Å². The standard InChI is InChI=1S/C13H19N3O/c1-16(2)11-6-4-3-5-10(11)15-12(17)13(9-14)7-8-13/h3-6H,7-9,14H2,1-2H3,(H,15,17). The van der Waals surface area contributed by atoms with Crippen LogP contribution in [0.4, 0.5) is 11.4 Å². The van der Waals surface area contributed by atoms with Gasteiger partial charge in [-0.3, -0.25) is 4.79 Å². The highest BCUT2D eigenvalue weighted by molar-refractivity contribution is 5.99. The van der Waals surface area contributed by atoms with Crippen LogP contribution in [0.3, 0.4) is 0 Å². The Hall–Kier alpha value is -1.55. The Labute approximate surface area is 102 Å². The number of amides is 1. The molecule has 1 aromatic carbocycles. The van der Waals surface area contributed by atoms with Crippen molar-refractivity contribution in [3.63, 3.8) is 0 Å². The van der Waals surface area contributed by atoms with Crippen molar-refractivity contribution in [2.75, 3.05) is 30.9 Å². The summed E-state index contributed by atoms with van der Waals surface area (Å²) in [7, 11) is 3.92. The lowest BCUT2D eigenvalue weighted by Crippen LogP contribution is -2.31. The zero-order valence-corrected chi connectivity index (χ0v) is 10.4. The minimum Gasteiger partial charge on any atom is -0.376 e. The second-order valence-corrected chi connectivity index (χ2v) is 4.85. The zero-order valence-electron chi connectivity index (χ0n) is 10.4. The largest absolute Gasteiger partial charge is 0.376 e. The van der Waals surface area contributed by atoms with E-state index in [1.54, 1.807) is 0 Å². The van der Waals surface area contributed by atoms with E-state index in [0.29, 0.717) is 6.54 Å². The van der Waals surface area contributed by atoms with Crippen molar-refractivity contribution in [1.82, 2.24) is 0 Å². The molecule has 4 nitrogen and oxygen atoms in total. The van der Waals surface area contributed by atoms with Crippen LogP contribution in [-0.4, -0.2) is 26.5 Å². The molecule has 1 saturated carbocycles. The fraction of sp³-hybridized carbons (Fsp3) is 0.462. The molecule has 17 heavy (non-hydrogen) atoms. The molecular weight excluding hydrogens is 214 g/mol. The highest BCUT2D eigenvalue weighted by atomic mass is 16.2. The van der Waals surface area contributed by atoms with E-state index in [1.165, 1.54) is 0 Å². The minimum absolute atomic E-state index is 0.0503. The van der Waals surface area contributed by atoms with Gasteiger partial charge in [-0.1, -0.05) is 12.1 Å². The summed E-state index contributed by atoms with van der Waals surface area (Å²) >= 11 is 0. The van der Waals surface area contributed by atoms with Crippen molar-refractivity contribution in [2.45, 2.75) is 12.8 Å². The van der Waals surface area contributed by atoms with Gasteiger partial charge in [-0.15, -0.1) is 0 Å². The summed E-state index contributed by atoms with van der Waals surface area (Å²) in [6, 6.07) is 7.78. The first kappa shape index (κ1) is 11.9. The van der Waals surface area contributed by atoms with Crippen LogP contribution in [0.15, 0.2) is 24.3 Å². The molecule has 3 N–H and O–H groups in total. The lowest BCUT2D eigenvalue weighted by atomic mass is 10.1. The van der Waals surface area contributed by atoms with Crippen molar-refractivity contribution in [1.29, 1.82) is 0 Å². The SMILES string of the molecule is CN(C)c1ccccc1NC(=O)C1(CN)CC1. The Balaban J connectivity index is 2.16. The lowest BCUT2D eigenvalue weighted by molar-refractivity contribution is -0.120. The maximum absolute atomic E-state index is 12.1. The van der Waals surface area contributed by atoms with Gasteiger partial charge in [-0.25, -0.2) is 0 Å². The predicted molar refractivity (Wildman–Crippen MR) is 70.1 cm³/mol. The van der Waals surface area contributed by atoms with E-state index in [2.05, 4.69) is 5.32 Å². The monoisotopic (exact) mass is 233 g/mol. The van der Waals surface area contributed by atoms with Gasteiger partial charge in [-0.2, -0.15) is 0 Å². The molecule has 0 heterocycles. The molecule has 1 fully saturated rings. The van der Waals surface area contributed by atoms with E-state index in [4.69, 9.17) is 5.73 Å². The van der Waals surface area contributed by atoms with Crippen LogP contribution < -0.4 is 16.0 Å². The highest BCUT2D eigenvalue weighted by Gasteiger charge is 2.48. The van der Waals surface area contributed by atoms with Crippen LogP contribution in [0, 0.1) is 5.41 Å². The minimum atomic E-state index is -0.306. The molecule has 0 radical (unpaired) electrons. The van der Waals surface area contributed by atoms with E-state index in [9.17, 15) is 4.79 Å². The van der Waals surface area contributed by atoms with Gasteiger partial charge in [0, 0.05) is 20.6 Å². The second kappa shape index (κ2) is 4.37. The van der Waals surface area contributed by atoms with Gasteiger partial charge >= 0.3 is 0 Å². The number of hydrogen-bond donors (Lipinski definition) is 2. The topological polar surface area (TPSA) is 58.4 Å². The molecule has 1 amide bonds. The molecule has 1 aromatic rings. The highest BCUT2D eigenvalue weighted by Crippen LogP contribution is 2.45. The van der Waals surface area contributed by atoms with Gasteiger partial charge < -0.3 is 16.0 Å². The third kappa shape index (κ3) is 2.26. The van der Waals surface area contributed by atoms with Crippen molar-refractivity contribution in [2.24, 2.45) is 11.1 Å². The third-order valence-electron chi connectivity index (χ3n) is 3.36. The number of para-hydroxylation sites is 2. The molecule has 0 bridgehead atoms. The van der Waals surface area contributed by atoms with Crippen LogP contribution in [0.5, 0.6) is 0 Å². The molecular formula is C13H19N3O. The fourth-order valence-corrected chi connectivity index (χ4v) is 1.90. The summed E-state index contributed by atoms with van der Waals surface area (Å²) in [6.45, 7) is 0.433. The number of rotatable bonds is 4. The molecule has 0 aliphatic heterocycles. The Morgan fingerprint density at radius 1 is 1.41 bits per heavy atom. The number of nitrogens with two attached hydrogens (primary N) is 1. The average molecular weight is 233 g/mol. The van der Waals surface area contributed by atoms with Crippen LogP contribution in [-0.2, 0) is 4.79 Å². The molecule has 0 saturated heterocycles. The summed E-state index contributed by atoms with van der Waals surface area (Å²) < 4.78 is 0. The average Bonchev–Trinajstić information content (AvgIpc) is 3.10. The number of carbonyl (C=O) groups is 1. The quantitative estimate of drug-likeness (QED) is 0.827. The van der Waals surface area contributed by atoms with Gasteiger partial charge in [0.2, 0.25) is 5.91 Å². The van der Waals surface area contributed by atoms with E-state index in [0.717, 1.165) is 24.2 Å². The van der Waals surface area contributed by atoms with Crippen LogP contribution in [0.2, 0.25) is 0 Å². The molecule has 92 valence electrons.